The summed E-state index contributed by atoms with van der Waals surface area (Å²) < 4.78 is 11.9. The molecule has 4 nitrogen and oxygen atoms in total. The van der Waals surface area contributed by atoms with Gasteiger partial charge in [-0.3, -0.25) is 4.79 Å². The largest absolute Gasteiger partial charge is 0.495 e. The standard InChI is InChI=1S/C13H17Br2NO3/c1-18-12(17)4-3-5-16-8-9-6-10(14)7-11(15)13(9)19-2/h6-7,16H,3-5,8H2,1-2H3. The minimum atomic E-state index is -0.176. The molecule has 0 heterocycles. The minimum absolute atomic E-state index is 0.176. The Labute approximate surface area is 130 Å². The normalized spacial score (nSPS) is 10.3. The predicted octanol–water partition coefficient (Wildman–Crippen LogP) is 3.26. The molecule has 0 atom stereocenters. The lowest BCUT2D eigenvalue weighted by Gasteiger charge is -2.12. The van der Waals surface area contributed by atoms with Crippen molar-refractivity contribution in [1.82, 2.24) is 5.32 Å². The smallest absolute Gasteiger partial charge is 0.305 e. The Kier molecular flexibility index (Phi) is 7.41. The van der Waals surface area contributed by atoms with E-state index in [0.717, 1.165) is 33.2 Å². The van der Waals surface area contributed by atoms with E-state index in [-0.39, 0.29) is 5.97 Å². The van der Waals surface area contributed by atoms with Crippen molar-refractivity contribution in [3.63, 3.8) is 0 Å². The summed E-state index contributed by atoms with van der Waals surface area (Å²) in [7, 11) is 3.05. The van der Waals surface area contributed by atoms with Crippen LogP contribution in [0, 0.1) is 0 Å². The Bertz CT molecular complexity index is 438. The van der Waals surface area contributed by atoms with Gasteiger partial charge in [-0.25, -0.2) is 0 Å². The Hall–Kier alpha value is -0.590. The van der Waals surface area contributed by atoms with Gasteiger partial charge < -0.3 is 14.8 Å². The second-order valence-electron chi connectivity index (χ2n) is 3.94. The zero-order chi connectivity index (χ0) is 14.3. The molecule has 1 N–H and O–H groups in total. The monoisotopic (exact) mass is 393 g/mol. The van der Waals surface area contributed by atoms with Crippen LogP contribution in [-0.4, -0.2) is 26.7 Å². The molecule has 0 spiro atoms. The molecule has 0 unspecified atom stereocenters. The summed E-state index contributed by atoms with van der Waals surface area (Å²) in [5.41, 5.74) is 1.06. The van der Waals surface area contributed by atoms with Gasteiger partial charge in [-0.05, 0) is 41.0 Å². The summed E-state index contributed by atoms with van der Waals surface area (Å²) in [6.07, 6.45) is 1.19. The molecule has 0 aliphatic heterocycles. The molecule has 0 fully saturated rings. The van der Waals surface area contributed by atoms with Crippen molar-refractivity contribution in [2.75, 3.05) is 20.8 Å². The summed E-state index contributed by atoms with van der Waals surface area (Å²) in [4.78, 5) is 11.0. The molecule has 0 saturated carbocycles. The molecule has 19 heavy (non-hydrogen) atoms. The molecule has 0 bridgehead atoms. The van der Waals surface area contributed by atoms with Crippen LogP contribution in [-0.2, 0) is 16.1 Å². The Morgan fingerprint density at radius 1 is 1.32 bits per heavy atom. The van der Waals surface area contributed by atoms with Crippen molar-refractivity contribution in [2.45, 2.75) is 19.4 Å². The molecule has 1 rings (SSSR count). The van der Waals surface area contributed by atoms with Crippen molar-refractivity contribution in [3.05, 3.63) is 26.6 Å². The van der Waals surface area contributed by atoms with E-state index in [1.807, 2.05) is 12.1 Å². The van der Waals surface area contributed by atoms with Gasteiger partial charge in [0, 0.05) is 23.0 Å². The third kappa shape index (κ3) is 5.50. The van der Waals surface area contributed by atoms with E-state index in [4.69, 9.17) is 4.74 Å². The van der Waals surface area contributed by atoms with Crippen molar-refractivity contribution in [1.29, 1.82) is 0 Å². The summed E-state index contributed by atoms with van der Waals surface area (Å²) in [5.74, 6) is 0.647. The van der Waals surface area contributed by atoms with Gasteiger partial charge in [0.1, 0.15) is 5.75 Å². The van der Waals surface area contributed by atoms with Crippen LogP contribution in [0.15, 0.2) is 21.1 Å². The molecule has 0 saturated heterocycles. The van der Waals surface area contributed by atoms with Crippen molar-refractivity contribution >= 4 is 37.8 Å². The third-order valence-corrected chi connectivity index (χ3v) is 3.61. The molecule has 0 aliphatic carbocycles. The molecular formula is C13H17Br2NO3. The van der Waals surface area contributed by atoms with Crippen LogP contribution in [0.5, 0.6) is 5.75 Å². The van der Waals surface area contributed by atoms with Crippen LogP contribution >= 0.6 is 31.9 Å². The van der Waals surface area contributed by atoms with Crippen LogP contribution in [0.25, 0.3) is 0 Å². The molecule has 0 aromatic heterocycles. The Morgan fingerprint density at radius 3 is 2.68 bits per heavy atom. The van der Waals surface area contributed by atoms with Gasteiger partial charge in [-0.2, -0.15) is 0 Å². The molecule has 6 heteroatoms. The fourth-order valence-electron chi connectivity index (χ4n) is 1.66. The molecule has 1 aromatic carbocycles. The van der Waals surface area contributed by atoms with Crippen LogP contribution in [0.3, 0.4) is 0 Å². The Balaban J connectivity index is 2.47. The van der Waals surface area contributed by atoms with Crippen LogP contribution in [0.4, 0.5) is 0 Å². The second-order valence-corrected chi connectivity index (χ2v) is 5.71. The van der Waals surface area contributed by atoms with E-state index in [1.165, 1.54) is 7.11 Å². The molecule has 1 aromatic rings. The number of hydrogen-bond acceptors (Lipinski definition) is 4. The molecule has 106 valence electrons. The highest BCUT2D eigenvalue weighted by Crippen LogP contribution is 2.32. The average molecular weight is 395 g/mol. The number of halogens is 2. The highest BCUT2D eigenvalue weighted by molar-refractivity contribution is 9.11. The van der Waals surface area contributed by atoms with E-state index >= 15 is 0 Å². The lowest BCUT2D eigenvalue weighted by molar-refractivity contribution is -0.140. The quantitative estimate of drug-likeness (QED) is 0.569. The van der Waals surface area contributed by atoms with E-state index in [0.29, 0.717) is 13.0 Å². The molecule has 0 aliphatic rings. The minimum Gasteiger partial charge on any atom is -0.495 e. The van der Waals surface area contributed by atoms with E-state index in [1.54, 1.807) is 7.11 Å². The van der Waals surface area contributed by atoms with Gasteiger partial charge in [0.15, 0.2) is 0 Å². The fraction of sp³-hybridized carbons (Fsp3) is 0.462. The maximum Gasteiger partial charge on any atom is 0.305 e. The highest BCUT2D eigenvalue weighted by Gasteiger charge is 2.09. The van der Waals surface area contributed by atoms with Crippen LogP contribution < -0.4 is 10.1 Å². The van der Waals surface area contributed by atoms with Crippen LogP contribution in [0.2, 0.25) is 0 Å². The first kappa shape index (κ1) is 16.5. The Morgan fingerprint density at radius 2 is 2.05 bits per heavy atom. The lowest BCUT2D eigenvalue weighted by Crippen LogP contribution is -2.16. The summed E-state index contributed by atoms with van der Waals surface area (Å²) in [5, 5.41) is 3.28. The number of hydrogen-bond donors (Lipinski definition) is 1. The van der Waals surface area contributed by atoms with Crippen LogP contribution in [0.1, 0.15) is 18.4 Å². The van der Waals surface area contributed by atoms with Gasteiger partial charge in [-0.1, -0.05) is 15.9 Å². The van der Waals surface area contributed by atoms with Gasteiger partial charge >= 0.3 is 5.97 Å². The number of rotatable bonds is 7. The van der Waals surface area contributed by atoms with Gasteiger partial charge in [0.25, 0.3) is 0 Å². The first-order valence-electron chi connectivity index (χ1n) is 5.88. The zero-order valence-corrected chi connectivity index (χ0v) is 14.1. The molecule has 0 amide bonds. The summed E-state index contributed by atoms with van der Waals surface area (Å²) >= 11 is 6.92. The number of carbonyl (C=O) groups is 1. The topological polar surface area (TPSA) is 47.6 Å². The number of methoxy groups -OCH3 is 2. The molecule has 0 radical (unpaired) electrons. The lowest BCUT2D eigenvalue weighted by atomic mass is 10.2. The number of esters is 1. The van der Waals surface area contributed by atoms with Gasteiger partial charge in [-0.15, -0.1) is 0 Å². The molecular weight excluding hydrogens is 378 g/mol. The first-order chi connectivity index (χ1) is 9.08. The van der Waals surface area contributed by atoms with E-state index < -0.39 is 0 Å². The second kappa shape index (κ2) is 8.55. The highest BCUT2D eigenvalue weighted by atomic mass is 79.9. The summed E-state index contributed by atoms with van der Waals surface area (Å²) in [6.45, 7) is 1.44. The maximum atomic E-state index is 11.0. The average Bonchev–Trinajstić information content (AvgIpc) is 2.37. The van der Waals surface area contributed by atoms with Gasteiger partial charge in [0.2, 0.25) is 0 Å². The number of carbonyl (C=O) groups excluding carboxylic acids is 1. The fourth-order valence-corrected chi connectivity index (χ4v) is 3.13. The zero-order valence-electron chi connectivity index (χ0n) is 11.0. The maximum absolute atomic E-state index is 11.0. The number of ether oxygens (including phenoxy) is 2. The number of benzene rings is 1. The van der Waals surface area contributed by atoms with Crippen molar-refractivity contribution in [2.24, 2.45) is 0 Å². The summed E-state index contributed by atoms with van der Waals surface area (Å²) in [6, 6.07) is 3.95. The van der Waals surface area contributed by atoms with Crippen molar-refractivity contribution < 1.29 is 14.3 Å². The van der Waals surface area contributed by atoms with E-state index in [2.05, 4.69) is 41.9 Å². The van der Waals surface area contributed by atoms with Crippen molar-refractivity contribution in [3.8, 4) is 5.75 Å². The SMILES string of the molecule is COC(=O)CCCNCc1cc(Br)cc(Br)c1OC. The number of nitrogens with one attached hydrogen (secondary N) is 1. The predicted molar refractivity (Wildman–Crippen MR) is 81.4 cm³/mol. The first-order valence-corrected chi connectivity index (χ1v) is 7.46. The van der Waals surface area contributed by atoms with E-state index in [9.17, 15) is 4.79 Å². The third-order valence-electron chi connectivity index (χ3n) is 2.57. The van der Waals surface area contributed by atoms with Gasteiger partial charge in [0.05, 0.1) is 18.7 Å².